The lowest BCUT2D eigenvalue weighted by atomic mass is 10.1. The Morgan fingerprint density at radius 2 is 1.94 bits per heavy atom. The zero-order chi connectivity index (χ0) is 11.7. The van der Waals surface area contributed by atoms with Crippen molar-refractivity contribution >= 4 is 5.65 Å². The van der Waals surface area contributed by atoms with Crippen molar-refractivity contribution in [3.63, 3.8) is 0 Å². The van der Waals surface area contributed by atoms with Crippen LogP contribution >= 0.6 is 0 Å². The standard InChI is InChI=1S/C13H12N4/c1-2-10-8-12(11-6-4-3-5-7-11)9-17-13(10)14-15-16-17/h3-9H,2H2,1H3. The van der Waals surface area contributed by atoms with E-state index in [-0.39, 0.29) is 0 Å². The highest BCUT2D eigenvalue weighted by molar-refractivity contribution is 5.66. The van der Waals surface area contributed by atoms with Gasteiger partial charge in [-0.3, -0.25) is 0 Å². The second-order valence-electron chi connectivity index (χ2n) is 3.92. The Bertz CT molecular complexity index is 643. The summed E-state index contributed by atoms with van der Waals surface area (Å²) in [4.78, 5) is 0. The summed E-state index contributed by atoms with van der Waals surface area (Å²) in [6.45, 7) is 2.11. The van der Waals surface area contributed by atoms with E-state index in [1.807, 2.05) is 24.4 Å². The number of nitrogens with zero attached hydrogens (tertiary/aromatic N) is 4. The first-order valence-corrected chi connectivity index (χ1v) is 5.64. The van der Waals surface area contributed by atoms with Crippen LogP contribution in [-0.4, -0.2) is 20.0 Å². The molecule has 0 aliphatic rings. The molecule has 0 N–H and O–H groups in total. The van der Waals surface area contributed by atoms with Crippen LogP contribution in [-0.2, 0) is 6.42 Å². The minimum atomic E-state index is 0.840. The van der Waals surface area contributed by atoms with Crippen molar-refractivity contribution in [3.8, 4) is 11.1 Å². The first-order chi connectivity index (χ1) is 8.38. The largest absolute Gasteiger partial charge is 0.200 e. The van der Waals surface area contributed by atoms with Crippen LogP contribution < -0.4 is 0 Å². The molecule has 0 radical (unpaired) electrons. The second kappa shape index (κ2) is 3.97. The van der Waals surface area contributed by atoms with E-state index in [0.717, 1.165) is 23.2 Å². The molecule has 0 aliphatic heterocycles. The van der Waals surface area contributed by atoms with Gasteiger partial charge in [-0.25, -0.2) is 0 Å². The third kappa shape index (κ3) is 1.67. The third-order valence-electron chi connectivity index (χ3n) is 2.86. The van der Waals surface area contributed by atoms with Crippen molar-refractivity contribution in [3.05, 3.63) is 48.2 Å². The van der Waals surface area contributed by atoms with Crippen molar-refractivity contribution in [1.82, 2.24) is 20.0 Å². The molecule has 2 heterocycles. The molecular formula is C13H12N4. The summed E-state index contributed by atoms with van der Waals surface area (Å²) < 4.78 is 1.74. The normalized spacial score (nSPS) is 10.9. The minimum Gasteiger partial charge on any atom is -0.200 e. The van der Waals surface area contributed by atoms with Crippen LogP contribution in [0.2, 0.25) is 0 Å². The van der Waals surface area contributed by atoms with Crippen LogP contribution in [0.25, 0.3) is 16.8 Å². The predicted octanol–water partition coefficient (Wildman–Crippen LogP) is 2.35. The summed E-state index contributed by atoms with van der Waals surface area (Å²) in [5.41, 5.74) is 4.32. The molecule has 0 unspecified atom stereocenters. The summed E-state index contributed by atoms with van der Waals surface area (Å²) in [7, 11) is 0. The molecular weight excluding hydrogens is 212 g/mol. The van der Waals surface area contributed by atoms with Gasteiger partial charge in [0, 0.05) is 11.8 Å². The first-order valence-electron chi connectivity index (χ1n) is 5.64. The molecule has 4 nitrogen and oxygen atoms in total. The maximum Gasteiger partial charge on any atom is 0.182 e. The van der Waals surface area contributed by atoms with Gasteiger partial charge in [-0.2, -0.15) is 4.52 Å². The van der Waals surface area contributed by atoms with E-state index in [1.165, 1.54) is 5.56 Å². The summed E-state index contributed by atoms with van der Waals surface area (Å²) in [5, 5.41) is 11.7. The number of tetrazole rings is 1. The molecule has 17 heavy (non-hydrogen) atoms. The van der Waals surface area contributed by atoms with E-state index in [0.29, 0.717) is 0 Å². The molecule has 0 bridgehead atoms. The molecule has 4 heteroatoms. The maximum absolute atomic E-state index is 4.03. The molecule has 0 atom stereocenters. The highest BCUT2D eigenvalue weighted by atomic mass is 15.5. The van der Waals surface area contributed by atoms with Gasteiger partial charge in [-0.05, 0) is 34.0 Å². The van der Waals surface area contributed by atoms with Gasteiger partial charge < -0.3 is 0 Å². The van der Waals surface area contributed by atoms with Gasteiger partial charge in [0.1, 0.15) is 0 Å². The Balaban J connectivity index is 2.24. The molecule has 0 fully saturated rings. The average Bonchev–Trinajstić information content (AvgIpc) is 2.86. The molecule has 2 aromatic heterocycles. The smallest absolute Gasteiger partial charge is 0.182 e. The monoisotopic (exact) mass is 224 g/mol. The fourth-order valence-electron chi connectivity index (χ4n) is 1.96. The molecule has 3 aromatic rings. The molecule has 0 spiro atoms. The number of aromatic nitrogens is 4. The van der Waals surface area contributed by atoms with Gasteiger partial charge in [-0.15, -0.1) is 5.10 Å². The quantitative estimate of drug-likeness (QED) is 0.671. The third-order valence-corrected chi connectivity index (χ3v) is 2.86. The fraction of sp³-hybridized carbons (Fsp3) is 0.154. The van der Waals surface area contributed by atoms with Crippen LogP contribution in [0.15, 0.2) is 42.6 Å². The number of hydrogen-bond acceptors (Lipinski definition) is 3. The number of fused-ring (bicyclic) bond motifs is 1. The lowest BCUT2D eigenvalue weighted by Crippen LogP contribution is -1.94. The van der Waals surface area contributed by atoms with Crippen LogP contribution in [0.4, 0.5) is 0 Å². The van der Waals surface area contributed by atoms with E-state index in [1.54, 1.807) is 4.52 Å². The Morgan fingerprint density at radius 1 is 1.12 bits per heavy atom. The molecule has 3 rings (SSSR count). The van der Waals surface area contributed by atoms with E-state index in [9.17, 15) is 0 Å². The van der Waals surface area contributed by atoms with Gasteiger partial charge in [0.05, 0.1) is 0 Å². The zero-order valence-electron chi connectivity index (χ0n) is 9.54. The fourth-order valence-corrected chi connectivity index (χ4v) is 1.96. The predicted molar refractivity (Wildman–Crippen MR) is 65.6 cm³/mol. The molecule has 0 amide bonds. The lowest BCUT2D eigenvalue weighted by Gasteiger charge is -2.05. The molecule has 0 saturated heterocycles. The van der Waals surface area contributed by atoms with Gasteiger partial charge in [0.2, 0.25) is 0 Å². The van der Waals surface area contributed by atoms with Crippen molar-refractivity contribution in [2.24, 2.45) is 0 Å². The van der Waals surface area contributed by atoms with Crippen LogP contribution in [0.5, 0.6) is 0 Å². The summed E-state index contributed by atoms with van der Waals surface area (Å²) in [5.74, 6) is 0. The summed E-state index contributed by atoms with van der Waals surface area (Å²) in [6.07, 6.45) is 2.88. The van der Waals surface area contributed by atoms with E-state index in [4.69, 9.17) is 0 Å². The van der Waals surface area contributed by atoms with Crippen molar-refractivity contribution in [2.45, 2.75) is 13.3 Å². The Morgan fingerprint density at radius 3 is 2.71 bits per heavy atom. The van der Waals surface area contributed by atoms with E-state index < -0.39 is 0 Å². The number of hydrogen-bond donors (Lipinski definition) is 0. The van der Waals surface area contributed by atoms with Gasteiger partial charge in [-0.1, -0.05) is 37.3 Å². The summed E-state index contributed by atoms with van der Waals surface area (Å²) >= 11 is 0. The first kappa shape index (κ1) is 9.96. The lowest BCUT2D eigenvalue weighted by molar-refractivity contribution is 0.823. The van der Waals surface area contributed by atoms with Crippen LogP contribution in [0.1, 0.15) is 12.5 Å². The minimum absolute atomic E-state index is 0.840. The molecule has 84 valence electrons. The van der Waals surface area contributed by atoms with E-state index >= 15 is 0 Å². The van der Waals surface area contributed by atoms with E-state index in [2.05, 4.69) is 40.6 Å². The highest BCUT2D eigenvalue weighted by Crippen LogP contribution is 2.21. The maximum atomic E-state index is 4.03. The van der Waals surface area contributed by atoms with Crippen LogP contribution in [0, 0.1) is 0 Å². The van der Waals surface area contributed by atoms with Crippen molar-refractivity contribution in [1.29, 1.82) is 0 Å². The molecule has 0 saturated carbocycles. The highest BCUT2D eigenvalue weighted by Gasteiger charge is 2.06. The number of benzene rings is 1. The van der Waals surface area contributed by atoms with Gasteiger partial charge in [0.25, 0.3) is 0 Å². The number of rotatable bonds is 2. The van der Waals surface area contributed by atoms with Gasteiger partial charge >= 0.3 is 0 Å². The van der Waals surface area contributed by atoms with Crippen LogP contribution in [0.3, 0.4) is 0 Å². The zero-order valence-corrected chi connectivity index (χ0v) is 9.54. The average molecular weight is 224 g/mol. The van der Waals surface area contributed by atoms with Crippen molar-refractivity contribution in [2.75, 3.05) is 0 Å². The summed E-state index contributed by atoms with van der Waals surface area (Å²) in [6, 6.07) is 12.4. The second-order valence-corrected chi connectivity index (χ2v) is 3.92. The number of pyridine rings is 1. The molecule has 1 aromatic carbocycles. The SMILES string of the molecule is CCc1cc(-c2ccccc2)cn2nnnc12. The van der Waals surface area contributed by atoms with Gasteiger partial charge in [0.15, 0.2) is 5.65 Å². The Kier molecular flexibility index (Phi) is 2.33. The Labute approximate surface area is 98.9 Å². The number of aryl methyl sites for hydroxylation is 1. The topological polar surface area (TPSA) is 43.1 Å². The molecule has 0 aliphatic carbocycles. The Hall–Kier alpha value is -2.23. The van der Waals surface area contributed by atoms with Crippen molar-refractivity contribution < 1.29 is 0 Å².